The van der Waals surface area contributed by atoms with Gasteiger partial charge in [-0.25, -0.2) is 4.39 Å². The summed E-state index contributed by atoms with van der Waals surface area (Å²) in [6.07, 6.45) is 3.18. The number of fused-ring (bicyclic) bond motifs is 1. The van der Waals surface area contributed by atoms with E-state index in [0.29, 0.717) is 30.5 Å². The maximum absolute atomic E-state index is 13.8. The number of ether oxygens (including phenoxy) is 1. The van der Waals surface area contributed by atoms with Gasteiger partial charge in [0.05, 0.1) is 6.10 Å². The van der Waals surface area contributed by atoms with E-state index in [9.17, 15) is 9.18 Å². The van der Waals surface area contributed by atoms with Crippen LogP contribution in [0, 0.1) is 5.82 Å². The largest absolute Gasteiger partial charge is 0.377 e. The van der Waals surface area contributed by atoms with Gasteiger partial charge in [0.2, 0.25) is 5.91 Å². The van der Waals surface area contributed by atoms with Gasteiger partial charge in [-0.3, -0.25) is 10.1 Å². The second kappa shape index (κ2) is 5.14. The van der Waals surface area contributed by atoms with E-state index in [2.05, 4.69) is 5.32 Å². The lowest BCUT2D eigenvalue weighted by atomic mass is 9.90. The van der Waals surface area contributed by atoms with Gasteiger partial charge in [0, 0.05) is 13.2 Å². The van der Waals surface area contributed by atoms with E-state index in [0.717, 1.165) is 19.4 Å². The number of rotatable bonds is 4. The van der Waals surface area contributed by atoms with Crippen molar-refractivity contribution in [2.45, 2.75) is 37.3 Å². The fourth-order valence-electron chi connectivity index (χ4n) is 3.28. The Bertz CT molecular complexity index is 529. The fraction of sp³-hybridized carbons (Fsp3) is 0.533. The summed E-state index contributed by atoms with van der Waals surface area (Å²) in [4.78, 5) is 12.0. The molecule has 1 fully saturated rings. The van der Waals surface area contributed by atoms with Crippen LogP contribution in [0.15, 0.2) is 18.2 Å². The number of amides is 1. The number of nitrogens with two attached hydrogens (primary N) is 1. The highest BCUT2D eigenvalue weighted by Crippen LogP contribution is 2.38. The van der Waals surface area contributed by atoms with Crippen molar-refractivity contribution >= 4 is 5.91 Å². The van der Waals surface area contributed by atoms with Gasteiger partial charge in [-0.05, 0) is 42.9 Å². The van der Waals surface area contributed by atoms with Gasteiger partial charge in [-0.2, -0.15) is 0 Å². The highest BCUT2D eigenvalue weighted by Gasteiger charge is 2.45. The van der Waals surface area contributed by atoms with E-state index >= 15 is 0 Å². The molecule has 2 aliphatic rings. The lowest BCUT2D eigenvalue weighted by molar-refractivity contribution is -0.125. The van der Waals surface area contributed by atoms with Crippen molar-refractivity contribution in [1.29, 1.82) is 0 Å². The molecule has 1 aromatic rings. The molecule has 0 bridgehead atoms. The van der Waals surface area contributed by atoms with Crippen LogP contribution < -0.4 is 11.1 Å². The number of benzene rings is 1. The molecule has 0 aromatic heterocycles. The van der Waals surface area contributed by atoms with E-state index in [1.165, 1.54) is 6.07 Å². The van der Waals surface area contributed by atoms with Crippen LogP contribution in [0.3, 0.4) is 0 Å². The summed E-state index contributed by atoms with van der Waals surface area (Å²) < 4.78 is 19.4. The lowest BCUT2D eigenvalue weighted by Crippen LogP contribution is -2.53. The first-order valence-corrected chi connectivity index (χ1v) is 7.08. The topological polar surface area (TPSA) is 64.4 Å². The molecule has 4 nitrogen and oxygen atoms in total. The van der Waals surface area contributed by atoms with Crippen LogP contribution >= 0.6 is 0 Å². The molecular weight excluding hydrogens is 259 g/mol. The van der Waals surface area contributed by atoms with Crippen molar-refractivity contribution in [3.8, 4) is 0 Å². The molecule has 0 spiro atoms. The Morgan fingerprint density at radius 3 is 3.10 bits per heavy atom. The number of hydrogen-bond acceptors (Lipinski definition) is 3. The van der Waals surface area contributed by atoms with E-state index in [1.807, 2.05) is 0 Å². The summed E-state index contributed by atoms with van der Waals surface area (Å²) in [5, 5.41) is 3.25. The minimum atomic E-state index is -0.955. The average molecular weight is 278 g/mol. The smallest absolute Gasteiger partial charge is 0.242 e. The van der Waals surface area contributed by atoms with Gasteiger partial charge >= 0.3 is 0 Å². The zero-order chi connectivity index (χ0) is 14.2. The second-order valence-electron chi connectivity index (χ2n) is 5.55. The average Bonchev–Trinajstić information content (AvgIpc) is 3.05. The van der Waals surface area contributed by atoms with Crippen molar-refractivity contribution in [2.75, 3.05) is 13.2 Å². The minimum absolute atomic E-state index is 0.115. The number of carbonyl (C=O) groups excluding carboxylic acids is 1. The first-order chi connectivity index (χ1) is 9.63. The van der Waals surface area contributed by atoms with Crippen molar-refractivity contribution in [3.05, 3.63) is 35.1 Å². The molecule has 1 heterocycles. The number of primary amides is 1. The zero-order valence-corrected chi connectivity index (χ0v) is 11.3. The number of nitrogens with one attached hydrogen (secondary N) is 1. The summed E-state index contributed by atoms with van der Waals surface area (Å²) >= 11 is 0. The molecule has 5 heteroatoms. The zero-order valence-electron chi connectivity index (χ0n) is 11.3. The molecular formula is C15H19FN2O2. The van der Waals surface area contributed by atoms with Crippen LogP contribution in [0.1, 0.15) is 30.4 Å². The first kappa shape index (κ1) is 13.5. The van der Waals surface area contributed by atoms with Crippen LogP contribution in [0.2, 0.25) is 0 Å². The summed E-state index contributed by atoms with van der Waals surface area (Å²) in [6.45, 7) is 1.33. The third-order valence-electron chi connectivity index (χ3n) is 4.40. The molecule has 20 heavy (non-hydrogen) atoms. The van der Waals surface area contributed by atoms with Gasteiger partial charge in [-0.15, -0.1) is 0 Å². The molecule has 1 amide bonds. The summed E-state index contributed by atoms with van der Waals surface area (Å²) in [6, 6.07) is 4.85. The standard InChI is InChI=1S/C15H19FN2O2/c16-13-5-1-4-12-11(13)6-7-15(12,14(17)19)18-9-10-3-2-8-20-10/h1,4-5,10,18H,2-3,6-9H2,(H2,17,19). The van der Waals surface area contributed by atoms with E-state index in [1.54, 1.807) is 12.1 Å². The third kappa shape index (κ3) is 2.11. The Morgan fingerprint density at radius 1 is 1.55 bits per heavy atom. The summed E-state index contributed by atoms with van der Waals surface area (Å²) in [5.41, 5.74) is 5.95. The van der Waals surface area contributed by atoms with Gasteiger partial charge in [0.15, 0.2) is 0 Å². The quantitative estimate of drug-likeness (QED) is 0.870. The molecule has 3 rings (SSSR count). The molecule has 2 atom stereocenters. The van der Waals surface area contributed by atoms with Crippen LogP contribution in [-0.2, 0) is 21.5 Å². The number of halogens is 1. The molecule has 2 unspecified atom stereocenters. The van der Waals surface area contributed by atoms with Crippen LogP contribution in [0.5, 0.6) is 0 Å². The van der Waals surface area contributed by atoms with Crippen molar-refractivity contribution < 1.29 is 13.9 Å². The molecule has 3 N–H and O–H groups in total. The fourth-order valence-corrected chi connectivity index (χ4v) is 3.28. The van der Waals surface area contributed by atoms with Gasteiger partial charge in [0.25, 0.3) is 0 Å². The molecule has 1 aliphatic heterocycles. The van der Waals surface area contributed by atoms with Gasteiger partial charge in [-0.1, -0.05) is 12.1 Å². The summed E-state index contributed by atoms with van der Waals surface area (Å²) in [5.74, 6) is -0.704. The van der Waals surface area contributed by atoms with Crippen molar-refractivity contribution in [3.63, 3.8) is 0 Å². The Hall–Kier alpha value is -1.46. The second-order valence-corrected chi connectivity index (χ2v) is 5.55. The van der Waals surface area contributed by atoms with Gasteiger partial charge < -0.3 is 10.5 Å². The van der Waals surface area contributed by atoms with Crippen LogP contribution in [0.4, 0.5) is 4.39 Å². The highest BCUT2D eigenvalue weighted by atomic mass is 19.1. The normalized spacial score (nSPS) is 28.6. The Kier molecular flexibility index (Phi) is 3.48. The Labute approximate surface area is 117 Å². The SMILES string of the molecule is NC(=O)C1(NCC2CCCO2)CCc2c(F)cccc21. The van der Waals surface area contributed by atoms with E-state index in [4.69, 9.17) is 10.5 Å². The minimum Gasteiger partial charge on any atom is -0.377 e. The molecule has 0 saturated carbocycles. The molecule has 108 valence electrons. The third-order valence-corrected chi connectivity index (χ3v) is 4.40. The molecule has 0 radical (unpaired) electrons. The number of carbonyl (C=O) groups is 1. The van der Waals surface area contributed by atoms with Crippen molar-refractivity contribution in [2.24, 2.45) is 5.73 Å². The maximum atomic E-state index is 13.8. The lowest BCUT2D eigenvalue weighted by Gasteiger charge is -2.29. The Balaban J connectivity index is 1.87. The first-order valence-electron chi connectivity index (χ1n) is 7.08. The van der Waals surface area contributed by atoms with E-state index in [-0.39, 0.29) is 11.9 Å². The summed E-state index contributed by atoms with van der Waals surface area (Å²) in [7, 11) is 0. The molecule has 1 aromatic carbocycles. The van der Waals surface area contributed by atoms with Crippen LogP contribution in [0.25, 0.3) is 0 Å². The monoisotopic (exact) mass is 278 g/mol. The predicted octanol–water partition coefficient (Wildman–Crippen LogP) is 1.22. The predicted molar refractivity (Wildman–Crippen MR) is 72.6 cm³/mol. The van der Waals surface area contributed by atoms with E-state index < -0.39 is 11.4 Å². The number of hydrogen-bond donors (Lipinski definition) is 2. The maximum Gasteiger partial charge on any atom is 0.242 e. The Morgan fingerprint density at radius 2 is 2.40 bits per heavy atom. The van der Waals surface area contributed by atoms with Crippen molar-refractivity contribution in [1.82, 2.24) is 5.32 Å². The molecule has 1 aliphatic carbocycles. The van der Waals surface area contributed by atoms with Gasteiger partial charge in [0.1, 0.15) is 11.4 Å². The molecule has 1 saturated heterocycles. The van der Waals surface area contributed by atoms with Crippen LogP contribution in [-0.4, -0.2) is 25.2 Å². The highest BCUT2D eigenvalue weighted by molar-refractivity contribution is 5.87.